The second kappa shape index (κ2) is 4.06. The number of benzene rings is 1. The van der Waals surface area contributed by atoms with Gasteiger partial charge in [-0.1, -0.05) is 0 Å². The molecular weight excluding hydrogens is 223 g/mol. The molecule has 0 aromatic heterocycles. The molecule has 1 aromatic carbocycles. The highest BCUT2D eigenvalue weighted by atomic mass is 32.3. The lowest BCUT2D eigenvalue weighted by Crippen LogP contribution is -1.99. The first-order valence-corrected chi connectivity index (χ1v) is 5.45. The van der Waals surface area contributed by atoms with Crippen molar-refractivity contribution in [2.24, 2.45) is 0 Å². The fraction of sp³-hybridized carbons (Fsp3) is 0.333. The van der Waals surface area contributed by atoms with Crippen LogP contribution in [0.15, 0.2) is 17.0 Å². The summed E-state index contributed by atoms with van der Waals surface area (Å²) >= 11 is 0. The Balaban J connectivity index is 3.49. The van der Waals surface area contributed by atoms with Crippen LogP contribution in [0.2, 0.25) is 0 Å². The van der Waals surface area contributed by atoms with E-state index in [4.69, 9.17) is 9.47 Å². The van der Waals surface area contributed by atoms with Crippen molar-refractivity contribution >= 4 is 10.2 Å². The standard InChI is InChI=1S/C9H11FO4S/c1-6-4-8(14-3)9(15(10,11)12)5-7(6)13-2/h4-5H,1-3H3. The number of aryl methyl sites for hydroxylation is 1. The molecule has 0 heterocycles. The minimum absolute atomic E-state index is 0.0317. The molecule has 0 radical (unpaired) electrons. The summed E-state index contributed by atoms with van der Waals surface area (Å²) in [5.74, 6) is 0.267. The summed E-state index contributed by atoms with van der Waals surface area (Å²) in [6.45, 7) is 1.70. The van der Waals surface area contributed by atoms with E-state index in [9.17, 15) is 12.3 Å². The van der Waals surface area contributed by atoms with Gasteiger partial charge >= 0.3 is 10.2 Å². The molecule has 0 atom stereocenters. The molecule has 0 spiro atoms. The highest BCUT2D eigenvalue weighted by Gasteiger charge is 2.20. The van der Waals surface area contributed by atoms with Gasteiger partial charge in [-0.25, -0.2) is 0 Å². The van der Waals surface area contributed by atoms with Crippen molar-refractivity contribution in [2.75, 3.05) is 14.2 Å². The second-order valence-corrected chi connectivity index (χ2v) is 4.23. The second-order valence-electron chi connectivity index (χ2n) is 2.91. The molecule has 0 fully saturated rings. The molecule has 0 amide bonds. The highest BCUT2D eigenvalue weighted by molar-refractivity contribution is 7.86. The normalized spacial score (nSPS) is 11.2. The van der Waals surface area contributed by atoms with E-state index >= 15 is 0 Å². The SMILES string of the molecule is COc1cc(S(=O)(=O)F)c(OC)cc1C. The average Bonchev–Trinajstić information content (AvgIpc) is 2.15. The van der Waals surface area contributed by atoms with E-state index in [2.05, 4.69) is 0 Å². The Labute approximate surface area is 87.8 Å². The van der Waals surface area contributed by atoms with Gasteiger partial charge < -0.3 is 9.47 Å². The number of ether oxygens (including phenoxy) is 2. The lowest BCUT2D eigenvalue weighted by molar-refractivity contribution is 0.389. The predicted molar refractivity (Wildman–Crippen MR) is 52.6 cm³/mol. The Morgan fingerprint density at radius 3 is 2.07 bits per heavy atom. The third-order valence-electron chi connectivity index (χ3n) is 1.94. The Bertz CT molecular complexity index is 467. The van der Waals surface area contributed by atoms with Gasteiger partial charge in [-0.05, 0) is 18.6 Å². The van der Waals surface area contributed by atoms with Crippen molar-refractivity contribution in [3.63, 3.8) is 0 Å². The minimum atomic E-state index is -4.80. The zero-order valence-electron chi connectivity index (χ0n) is 8.57. The first-order valence-electron chi connectivity index (χ1n) is 4.07. The van der Waals surface area contributed by atoms with E-state index in [1.54, 1.807) is 6.92 Å². The van der Waals surface area contributed by atoms with Crippen molar-refractivity contribution < 1.29 is 21.8 Å². The van der Waals surface area contributed by atoms with Gasteiger partial charge in [0.2, 0.25) is 0 Å². The molecule has 15 heavy (non-hydrogen) atoms. The lowest BCUT2D eigenvalue weighted by atomic mass is 10.2. The van der Waals surface area contributed by atoms with E-state index in [1.807, 2.05) is 0 Å². The molecule has 6 heteroatoms. The molecule has 0 aliphatic heterocycles. The molecule has 1 rings (SSSR count). The Kier molecular flexibility index (Phi) is 3.18. The Morgan fingerprint density at radius 1 is 1.13 bits per heavy atom. The minimum Gasteiger partial charge on any atom is -0.496 e. The van der Waals surface area contributed by atoms with Crippen LogP contribution in [-0.4, -0.2) is 22.6 Å². The maximum absolute atomic E-state index is 12.9. The molecular formula is C9H11FO4S. The van der Waals surface area contributed by atoms with E-state index in [0.717, 1.165) is 6.07 Å². The van der Waals surface area contributed by atoms with Gasteiger partial charge in [0, 0.05) is 6.07 Å². The van der Waals surface area contributed by atoms with Crippen LogP contribution in [0.25, 0.3) is 0 Å². The number of hydrogen-bond donors (Lipinski definition) is 0. The molecule has 0 aliphatic rings. The summed E-state index contributed by atoms with van der Waals surface area (Å²) < 4.78 is 44.1. The predicted octanol–water partition coefficient (Wildman–Crippen LogP) is 1.67. The first kappa shape index (κ1) is 11.8. The van der Waals surface area contributed by atoms with E-state index in [-0.39, 0.29) is 5.75 Å². The molecule has 4 nitrogen and oxygen atoms in total. The average molecular weight is 234 g/mol. The molecule has 0 unspecified atom stereocenters. The number of hydrogen-bond acceptors (Lipinski definition) is 4. The van der Waals surface area contributed by atoms with Crippen molar-refractivity contribution in [1.29, 1.82) is 0 Å². The van der Waals surface area contributed by atoms with Gasteiger partial charge in [-0.15, -0.1) is 3.89 Å². The van der Waals surface area contributed by atoms with Crippen LogP contribution in [0, 0.1) is 6.92 Å². The lowest BCUT2D eigenvalue weighted by Gasteiger charge is -2.09. The molecule has 0 aliphatic carbocycles. The maximum atomic E-state index is 12.9. The van der Waals surface area contributed by atoms with Gasteiger partial charge in [0.1, 0.15) is 16.4 Å². The summed E-state index contributed by atoms with van der Waals surface area (Å²) in [4.78, 5) is -0.521. The zero-order chi connectivity index (χ0) is 11.6. The largest absolute Gasteiger partial charge is 0.496 e. The fourth-order valence-electron chi connectivity index (χ4n) is 1.21. The highest BCUT2D eigenvalue weighted by Crippen LogP contribution is 2.32. The summed E-state index contributed by atoms with van der Waals surface area (Å²) in [6, 6.07) is 2.51. The molecule has 0 bridgehead atoms. The number of rotatable bonds is 3. The summed E-state index contributed by atoms with van der Waals surface area (Å²) in [6.07, 6.45) is 0. The van der Waals surface area contributed by atoms with Crippen LogP contribution in [0.1, 0.15) is 5.56 Å². The van der Waals surface area contributed by atoms with Crippen LogP contribution in [-0.2, 0) is 10.2 Å². The Hall–Kier alpha value is -1.30. The monoisotopic (exact) mass is 234 g/mol. The molecule has 0 saturated heterocycles. The van der Waals surface area contributed by atoms with Crippen LogP contribution < -0.4 is 9.47 Å². The maximum Gasteiger partial charge on any atom is 0.335 e. The van der Waals surface area contributed by atoms with Gasteiger partial charge in [-0.2, -0.15) is 8.42 Å². The van der Waals surface area contributed by atoms with Gasteiger partial charge in [0.25, 0.3) is 0 Å². The topological polar surface area (TPSA) is 52.6 Å². The van der Waals surface area contributed by atoms with Crippen LogP contribution >= 0.6 is 0 Å². The van der Waals surface area contributed by atoms with Crippen LogP contribution in [0.4, 0.5) is 3.89 Å². The van der Waals surface area contributed by atoms with E-state index in [0.29, 0.717) is 11.3 Å². The first-order chi connectivity index (χ1) is 6.90. The summed E-state index contributed by atoms with van der Waals surface area (Å²) in [7, 11) is -2.15. The third-order valence-corrected chi connectivity index (χ3v) is 2.79. The van der Waals surface area contributed by atoms with E-state index < -0.39 is 15.1 Å². The van der Waals surface area contributed by atoms with Gasteiger partial charge in [0.05, 0.1) is 14.2 Å². The van der Waals surface area contributed by atoms with Crippen molar-refractivity contribution in [3.05, 3.63) is 17.7 Å². The van der Waals surface area contributed by atoms with Crippen molar-refractivity contribution in [2.45, 2.75) is 11.8 Å². The van der Waals surface area contributed by atoms with Crippen LogP contribution in [0.3, 0.4) is 0 Å². The molecule has 0 N–H and O–H groups in total. The Morgan fingerprint density at radius 2 is 1.67 bits per heavy atom. The fourth-order valence-corrected chi connectivity index (χ4v) is 1.84. The smallest absolute Gasteiger partial charge is 0.335 e. The number of methoxy groups -OCH3 is 2. The summed E-state index contributed by atoms with van der Waals surface area (Å²) in [5.41, 5.74) is 0.668. The zero-order valence-corrected chi connectivity index (χ0v) is 9.39. The van der Waals surface area contributed by atoms with Gasteiger partial charge in [0.15, 0.2) is 0 Å². The van der Waals surface area contributed by atoms with E-state index in [1.165, 1.54) is 20.3 Å². The van der Waals surface area contributed by atoms with Crippen LogP contribution in [0.5, 0.6) is 11.5 Å². The van der Waals surface area contributed by atoms with Crippen molar-refractivity contribution in [1.82, 2.24) is 0 Å². The van der Waals surface area contributed by atoms with Crippen molar-refractivity contribution in [3.8, 4) is 11.5 Å². The molecule has 0 saturated carbocycles. The summed E-state index contributed by atoms with van der Waals surface area (Å²) in [5, 5.41) is 0. The third kappa shape index (κ3) is 2.38. The number of halogens is 1. The molecule has 1 aromatic rings. The quantitative estimate of drug-likeness (QED) is 0.746. The molecule has 84 valence electrons. The van der Waals surface area contributed by atoms with Gasteiger partial charge in [-0.3, -0.25) is 0 Å².